The molecule has 0 aliphatic heterocycles. The van der Waals surface area contributed by atoms with Crippen LogP contribution in [-0.2, 0) is 0 Å². The molecule has 0 amide bonds. The Morgan fingerprint density at radius 2 is 1.95 bits per heavy atom. The number of aryl methyl sites for hydroxylation is 1. The van der Waals surface area contributed by atoms with E-state index in [1.807, 2.05) is 11.6 Å². The van der Waals surface area contributed by atoms with Crippen molar-refractivity contribution in [3.05, 3.63) is 5.69 Å². The lowest BCUT2D eigenvalue weighted by Gasteiger charge is -2.26. The second-order valence-electron chi connectivity index (χ2n) is 6.73. The van der Waals surface area contributed by atoms with Gasteiger partial charge >= 0.3 is 0 Å². The predicted octanol–water partition coefficient (Wildman–Crippen LogP) is 3.98. The van der Waals surface area contributed by atoms with Gasteiger partial charge in [-0.05, 0) is 39.0 Å². The summed E-state index contributed by atoms with van der Waals surface area (Å²) in [6, 6.07) is 0.337. The average Bonchev–Trinajstić information content (AvgIpc) is 2.69. The van der Waals surface area contributed by atoms with Gasteiger partial charge in [0.2, 0.25) is 0 Å². The van der Waals surface area contributed by atoms with E-state index >= 15 is 0 Å². The Kier molecular flexibility index (Phi) is 4.95. The molecule has 0 aromatic carbocycles. The molecule has 20 heavy (non-hydrogen) atoms. The largest absolute Gasteiger partial charge is 0.394 e. The summed E-state index contributed by atoms with van der Waals surface area (Å²) in [5, 5.41) is 8.03. The van der Waals surface area contributed by atoms with Gasteiger partial charge in [0.15, 0.2) is 0 Å². The fraction of sp³-hybridized carbons (Fsp3) is 0.812. The van der Waals surface area contributed by atoms with E-state index in [1.54, 1.807) is 0 Å². The first-order valence-electron chi connectivity index (χ1n) is 8.07. The molecular formula is C16H30N4. The number of aromatic nitrogens is 2. The van der Waals surface area contributed by atoms with Crippen molar-refractivity contribution in [3.63, 3.8) is 0 Å². The minimum Gasteiger partial charge on any atom is -0.394 e. The molecule has 0 unspecified atom stereocenters. The van der Waals surface area contributed by atoms with Crippen LogP contribution in [0.1, 0.15) is 64.6 Å². The maximum atomic E-state index is 6.13. The Morgan fingerprint density at radius 3 is 2.55 bits per heavy atom. The SMILES string of the molecule is Cc1nn(C(C)C)c(NCCC2CCC(C)CC2)c1N. The van der Waals surface area contributed by atoms with Gasteiger partial charge in [-0.1, -0.05) is 32.6 Å². The smallest absolute Gasteiger partial charge is 0.148 e. The topological polar surface area (TPSA) is 55.9 Å². The maximum Gasteiger partial charge on any atom is 0.148 e. The van der Waals surface area contributed by atoms with Gasteiger partial charge < -0.3 is 11.1 Å². The van der Waals surface area contributed by atoms with Crippen LogP contribution in [0.3, 0.4) is 0 Å². The van der Waals surface area contributed by atoms with Crippen molar-refractivity contribution in [2.75, 3.05) is 17.6 Å². The van der Waals surface area contributed by atoms with Crippen LogP contribution in [0.15, 0.2) is 0 Å². The number of hydrogen-bond acceptors (Lipinski definition) is 3. The number of nitrogens with two attached hydrogens (primary N) is 1. The van der Waals surface area contributed by atoms with Crippen LogP contribution in [0.5, 0.6) is 0 Å². The third-order valence-corrected chi connectivity index (χ3v) is 4.60. The molecule has 0 bridgehead atoms. The molecule has 0 atom stereocenters. The molecule has 0 radical (unpaired) electrons. The highest BCUT2D eigenvalue weighted by atomic mass is 15.4. The number of nitrogens with zero attached hydrogens (tertiary/aromatic N) is 2. The minimum absolute atomic E-state index is 0.337. The second-order valence-corrected chi connectivity index (χ2v) is 6.73. The molecule has 1 aromatic rings. The van der Waals surface area contributed by atoms with Crippen LogP contribution >= 0.6 is 0 Å². The van der Waals surface area contributed by atoms with Crippen LogP contribution in [0, 0.1) is 18.8 Å². The number of nitrogens with one attached hydrogen (secondary N) is 1. The van der Waals surface area contributed by atoms with Crippen LogP contribution in [-0.4, -0.2) is 16.3 Å². The van der Waals surface area contributed by atoms with Crippen LogP contribution in [0.25, 0.3) is 0 Å². The normalized spacial score (nSPS) is 23.2. The standard InChI is InChI=1S/C16H30N4/c1-11(2)20-16(15(17)13(4)19-20)18-10-9-14-7-5-12(3)6-8-14/h11-12,14,18H,5-10,17H2,1-4H3. The summed E-state index contributed by atoms with van der Waals surface area (Å²) in [6.07, 6.45) is 6.82. The minimum atomic E-state index is 0.337. The zero-order chi connectivity index (χ0) is 14.7. The Balaban J connectivity index is 1.88. The van der Waals surface area contributed by atoms with Crippen LogP contribution in [0.4, 0.5) is 11.5 Å². The van der Waals surface area contributed by atoms with E-state index in [4.69, 9.17) is 5.73 Å². The van der Waals surface area contributed by atoms with Crippen molar-refractivity contribution in [2.24, 2.45) is 11.8 Å². The molecule has 1 saturated carbocycles. The van der Waals surface area contributed by atoms with Gasteiger partial charge in [0.25, 0.3) is 0 Å². The van der Waals surface area contributed by atoms with Gasteiger partial charge in [0.05, 0.1) is 11.4 Å². The lowest BCUT2D eigenvalue weighted by atomic mass is 9.81. The van der Waals surface area contributed by atoms with Crippen molar-refractivity contribution >= 4 is 11.5 Å². The van der Waals surface area contributed by atoms with E-state index < -0.39 is 0 Å². The van der Waals surface area contributed by atoms with E-state index in [0.717, 1.165) is 35.6 Å². The molecule has 2 rings (SSSR count). The highest BCUT2D eigenvalue weighted by molar-refractivity contribution is 5.64. The van der Waals surface area contributed by atoms with Gasteiger partial charge in [-0.15, -0.1) is 0 Å². The average molecular weight is 278 g/mol. The molecule has 0 spiro atoms. The molecule has 1 aliphatic carbocycles. The van der Waals surface area contributed by atoms with E-state index in [0.29, 0.717) is 6.04 Å². The Hall–Kier alpha value is -1.19. The number of nitrogen functional groups attached to an aromatic ring is 1. The highest BCUT2D eigenvalue weighted by Gasteiger charge is 2.19. The Bertz CT molecular complexity index is 428. The fourth-order valence-corrected chi connectivity index (χ4v) is 3.12. The van der Waals surface area contributed by atoms with Crippen molar-refractivity contribution in [1.82, 2.24) is 9.78 Å². The monoisotopic (exact) mass is 278 g/mol. The molecule has 0 saturated heterocycles. The molecule has 4 nitrogen and oxygen atoms in total. The quantitative estimate of drug-likeness (QED) is 0.856. The summed E-state index contributed by atoms with van der Waals surface area (Å²) in [7, 11) is 0. The third kappa shape index (κ3) is 3.47. The molecule has 114 valence electrons. The van der Waals surface area contributed by atoms with Gasteiger partial charge in [0.1, 0.15) is 5.82 Å². The molecule has 1 aliphatic rings. The summed E-state index contributed by atoms with van der Waals surface area (Å²) in [4.78, 5) is 0. The number of anilines is 2. The van der Waals surface area contributed by atoms with Crippen molar-refractivity contribution in [1.29, 1.82) is 0 Å². The first-order valence-corrected chi connectivity index (χ1v) is 8.07. The summed E-state index contributed by atoms with van der Waals surface area (Å²) in [6.45, 7) is 9.63. The third-order valence-electron chi connectivity index (χ3n) is 4.60. The lowest BCUT2D eigenvalue weighted by Crippen LogP contribution is -2.17. The van der Waals surface area contributed by atoms with Crippen molar-refractivity contribution < 1.29 is 0 Å². The van der Waals surface area contributed by atoms with Crippen LogP contribution in [0.2, 0.25) is 0 Å². The van der Waals surface area contributed by atoms with Gasteiger partial charge in [-0.3, -0.25) is 0 Å². The van der Waals surface area contributed by atoms with Crippen molar-refractivity contribution in [2.45, 2.75) is 65.8 Å². The second kappa shape index (κ2) is 6.51. The van der Waals surface area contributed by atoms with Gasteiger partial charge in [-0.25, -0.2) is 4.68 Å². The number of rotatable bonds is 5. The molecule has 3 N–H and O–H groups in total. The molecule has 1 aromatic heterocycles. The molecular weight excluding hydrogens is 248 g/mol. The molecule has 1 fully saturated rings. The predicted molar refractivity (Wildman–Crippen MR) is 86.0 cm³/mol. The molecule has 4 heteroatoms. The lowest BCUT2D eigenvalue weighted by molar-refractivity contribution is 0.281. The van der Waals surface area contributed by atoms with Crippen LogP contribution < -0.4 is 11.1 Å². The van der Waals surface area contributed by atoms with Crippen molar-refractivity contribution in [3.8, 4) is 0 Å². The summed E-state index contributed by atoms with van der Waals surface area (Å²) in [5.74, 6) is 2.82. The summed E-state index contributed by atoms with van der Waals surface area (Å²) in [5.41, 5.74) is 7.86. The zero-order valence-electron chi connectivity index (χ0n) is 13.4. The van der Waals surface area contributed by atoms with E-state index in [9.17, 15) is 0 Å². The number of hydrogen-bond donors (Lipinski definition) is 2. The zero-order valence-corrected chi connectivity index (χ0v) is 13.4. The summed E-state index contributed by atoms with van der Waals surface area (Å²) >= 11 is 0. The van der Waals surface area contributed by atoms with E-state index in [2.05, 4.69) is 31.2 Å². The summed E-state index contributed by atoms with van der Waals surface area (Å²) < 4.78 is 2.01. The first kappa shape index (κ1) is 15.2. The van der Waals surface area contributed by atoms with E-state index in [-0.39, 0.29) is 0 Å². The molecule has 1 heterocycles. The first-order chi connectivity index (χ1) is 9.49. The van der Waals surface area contributed by atoms with E-state index in [1.165, 1.54) is 32.1 Å². The maximum absolute atomic E-state index is 6.13. The fourth-order valence-electron chi connectivity index (χ4n) is 3.12. The van der Waals surface area contributed by atoms with Gasteiger partial charge in [0, 0.05) is 12.6 Å². The van der Waals surface area contributed by atoms with Gasteiger partial charge in [-0.2, -0.15) is 5.10 Å². The Morgan fingerprint density at radius 1 is 1.30 bits per heavy atom. The highest BCUT2D eigenvalue weighted by Crippen LogP contribution is 2.31. The Labute approximate surface area is 123 Å².